The van der Waals surface area contributed by atoms with Crippen LogP contribution in [0.25, 0.3) is 0 Å². The van der Waals surface area contributed by atoms with Crippen molar-refractivity contribution >= 4 is 11.6 Å². The van der Waals surface area contributed by atoms with Crippen molar-refractivity contribution in [2.45, 2.75) is 13.5 Å². The van der Waals surface area contributed by atoms with E-state index in [-0.39, 0.29) is 11.6 Å². The van der Waals surface area contributed by atoms with E-state index in [0.29, 0.717) is 0 Å². The van der Waals surface area contributed by atoms with Crippen molar-refractivity contribution in [3.63, 3.8) is 0 Å². The lowest BCUT2D eigenvalue weighted by Gasteiger charge is -2.06. The van der Waals surface area contributed by atoms with Crippen LogP contribution in [0.3, 0.4) is 0 Å². The van der Waals surface area contributed by atoms with Crippen LogP contribution in [0.1, 0.15) is 11.3 Å². The quantitative estimate of drug-likeness (QED) is 0.864. The molecular weight excluding hydrogens is 242 g/mol. The van der Waals surface area contributed by atoms with Crippen molar-refractivity contribution in [2.24, 2.45) is 0 Å². The van der Waals surface area contributed by atoms with Crippen molar-refractivity contribution in [3.8, 4) is 0 Å². The van der Waals surface area contributed by atoms with Crippen LogP contribution in [-0.2, 0) is 6.54 Å². The van der Waals surface area contributed by atoms with Gasteiger partial charge in [-0.15, -0.1) is 0 Å². The molecule has 0 saturated carbocycles. The lowest BCUT2D eigenvalue weighted by molar-refractivity contribution is 0.701. The predicted molar refractivity (Wildman–Crippen MR) is 64.4 cm³/mol. The summed E-state index contributed by atoms with van der Waals surface area (Å²) in [5, 5.41) is -0.0156. The van der Waals surface area contributed by atoms with Crippen molar-refractivity contribution < 1.29 is 0 Å². The topological polar surface area (TPSA) is 67.8 Å². The molecule has 0 aliphatic rings. The molecule has 2 heterocycles. The number of hydrogen-bond acceptors (Lipinski definition) is 3. The third-order valence-electron chi connectivity index (χ3n) is 2.41. The standard InChI is InChI=1S/C11H10ClN3O2/c1-7-3-2-4-13-9(7)6-15-5-8(12)10(16)14-11(15)17/h2-5H,6H2,1H3,(H,14,16,17). The molecule has 0 atom stereocenters. The van der Waals surface area contributed by atoms with E-state index >= 15 is 0 Å². The molecule has 2 aromatic rings. The molecule has 0 aliphatic heterocycles. The number of aromatic amines is 1. The number of halogens is 1. The number of nitrogens with one attached hydrogen (secondary N) is 1. The van der Waals surface area contributed by atoms with Crippen LogP contribution in [0.2, 0.25) is 5.02 Å². The Balaban J connectivity index is 2.44. The summed E-state index contributed by atoms with van der Waals surface area (Å²) >= 11 is 5.67. The minimum atomic E-state index is -0.578. The third kappa shape index (κ3) is 2.45. The highest BCUT2D eigenvalue weighted by atomic mass is 35.5. The van der Waals surface area contributed by atoms with Gasteiger partial charge in [-0.25, -0.2) is 4.79 Å². The van der Waals surface area contributed by atoms with Crippen LogP contribution in [-0.4, -0.2) is 14.5 Å². The maximum atomic E-state index is 11.5. The van der Waals surface area contributed by atoms with Crippen LogP contribution < -0.4 is 11.2 Å². The molecule has 0 amide bonds. The predicted octanol–water partition coefficient (Wildman–Crippen LogP) is 0.942. The molecular formula is C11H10ClN3O2. The average molecular weight is 252 g/mol. The van der Waals surface area contributed by atoms with Gasteiger partial charge in [0.05, 0.1) is 12.2 Å². The van der Waals surface area contributed by atoms with Gasteiger partial charge >= 0.3 is 5.69 Å². The third-order valence-corrected chi connectivity index (χ3v) is 2.67. The molecule has 0 unspecified atom stereocenters. The summed E-state index contributed by atoms with van der Waals surface area (Å²) in [5.41, 5.74) is 0.662. The molecule has 1 N–H and O–H groups in total. The second-order valence-electron chi connectivity index (χ2n) is 3.63. The van der Waals surface area contributed by atoms with Gasteiger partial charge in [0.25, 0.3) is 5.56 Å². The van der Waals surface area contributed by atoms with Gasteiger partial charge in [-0.3, -0.25) is 19.3 Å². The molecule has 0 aromatic carbocycles. The summed E-state index contributed by atoms with van der Waals surface area (Å²) < 4.78 is 1.32. The largest absolute Gasteiger partial charge is 0.328 e. The highest BCUT2D eigenvalue weighted by Gasteiger charge is 2.05. The molecule has 6 heteroatoms. The molecule has 0 fully saturated rings. The lowest BCUT2D eigenvalue weighted by atomic mass is 10.2. The fourth-order valence-electron chi connectivity index (χ4n) is 1.45. The van der Waals surface area contributed by atoms with Gasteiger partial charge in [0.15, 0.2) is 0 Å². The van der Waals surface area contributed by atoms with Crippen molar-refractivity contribution in [1.82, 2.24) is 14.5 Å². The lowest BCUT2D eigenvalue weighted by Crippen LogP contribution is -2.30. The van der Waals surface area contributed by atoms with Crippen molar-refractivity contribution in [2.75, 3.05) is 0 Å². The number of aromatic nitrogens is 3. The van der Waals surface area contributed by atoms with Gasteiger partial charge in [0, 0.05) is 12.4 Å². The first-order chi connectivity index (χ1) is 8.08. The molecule has 2 aromatic heterocycles. The zero-order valence-corrected chi connectivity index (χ0v) is 9.86. The molecule has 0 bridgehead atoms. The summed E-state index contributed by atoms with van der Waals surface area (Å²) in [6, 6.07) is 3.72. The van der Waals surface area contributed by atoms with E-state index in [1.54, 1.807) is 6.20 Å². The van der Waals surface area contributed by atoms with Crippen molar-refractivity contribution in [3.05, 3.63) is 61.6 Å². The van der Waals surface area contributed by atoms with Crippen molar-refractivity contribution in [1.29, 1.82) is 0 Å². The van der Waals surface area contributed by atoms with E-state index in [2.05, 4.69) is 9.97 Å². The van der Waals surface area contributed by atoms with Crippen LogP contribution in [0.15, 0.2) is 34.1 Å². The first-order valence-corrected chi connectivity index (χ1v) is 5.35. The van der Waals surface area contributed by atoms with Crippen LogP contribution in [0.4, 0.5) is 0 Å². The minimum absolute atomic E-state index is 0.0156. The van der Waals surface area contributed by atoms with Crippen LogP contribution >= 0.6 is 11.6 Å². The maximum Gasteiger partial charge on any atom is 0.328 e. The fraction of sp³-hybridized carbons (Fsp3) is 0.182. The van der Waals surface area contributed by atoms with Gasteiger partial charge in [-0.2, -0.15) is 0 Å². The number of hydrogen-bond donors (Lipinski definition) is 1. The Kier molecular flexibility index (Phi) is 3.10. The number of rotatable bonds is 2. The van der Waals surface area contributed by atoms with E-state index < -0.39 is 11.2 Å². The van der Waals surface area contributed by atoms with Crippen LogP contribution in [0.5, 0.6) is 0 Å². The molecule has 2 rings (SSSR count). The Morgan fingerprint density at radius 2 is 2.24 bits per heavy atom. The van der Waals surface area contributed by atoms with E-state index in [0.717, 1.165) is 11.3 Å². The normalized spacial score (nSPS) is 10.5. The summed E-state index contributed by atoms with van der Waals surface area (Å²) in [4.78, 5) is 28.9. The molecule has 0 saturated heterocycles. The Morgan fingerprint density at radius 1 is 1.47 bits per heavy atom. The molecule has 88 valence electrons. The van der Waals surface area contributed by atoms with Gasteiger partial charge in [0.2, 0.25) is 0 Å². The Morgan fingerprint density at radius 3 is 2.94 bits per heavy atom. The van der Waals surface area contributed by atoms with E-state index in [4.69, 9.17) is 11.6 Å². The monoisotopic (exact) mass is 251 g/mol. The highest BCUT2D eigenvalue weighted by Crippen LogP contribution is 2.05. The molecule has 17 heavy (non-hydrogen) atoms. The molecule has 0 aliphatic carbocycles. The van der Waals surface area contributed by atoms with Gasteiger partial charge in [-0.1, -0.05) is 17.7 Å². The second kappa shape index (κ2) is 4.55. The smallest absolute Gasteiger partial charge is 0.293 e. The molecule has 5 nitrogen and oxygen atoms in total. The number of H-pyrrole nitrogens is 1. The van der Waals surface area contributed by atoms with Gasteiger partial charge in [0.1, 0.15) is 5.02 Å². The Bertz CT molecular complexity index is 660. The molecule has 0 radical (unpaired) electrons. The second-order valence-corrected chi connectivity index (χ2v) is 4.04. The van der Waals surface area contributed by atoms with E-state index in [1.165, 1.54) is 10.8 Å². The fourth-order valence-corrected chi connectivity index (χ4v) is 1.61. The number of aryl methyl sites for hydroxylation is 1. The summed E-state index contributed by atoms with van der Waals surface area (Å²) in [5.74, 6) is 0. The van der Waals surface area contributed by atoms with Crippen LogP contribution in [0, 0.1) is 6.92 Å². The first-order valence-electron chi connectivity index (χ1n) is 4.97. The highest BCUT2D eigenvalue weighted by molar-refractivity contribution is 6.30. The zero-order valence-electron chi connectivity index (χ0n) is 9.11. The Hall–Kier alpha value is -1.88. The summed E-state index contributed by atoms with van der Waals surface area (Å²) in [7, 11) is 0. The van der Waals surface area contributed by atoms with E-state index in [1.807, 2.05) is 19.1 Å². The number of pyridine rings is 1. The van der Waals surface area contributed by atoms with Gasteiger partial charge < -0.3 is 0 Å². The Labute approximate surface area is 102 Å². The zero-order chi connectivity index (χ0) is 12.4. The molecule has 0 spiro atoms. The van der Waals surface area contributed by atoms with Gasteiger partial charge in [-0.05, 0) is 18.6 Å². The SMILES string of the molecule is Cc1cccnc1Cn1cc(Cl)c(=O)[nH]c1=O. The average Bonchev–Trinajstić information content (AvgIpc) is 2.29. The maximum absolute atomic E-state index is 11.5. The first kappa shape index (κ1) is 11.6. The summed E-state index contributed by atoms with van der Waals surface area (Å²) in [6.07, 6.45) is 2.97. The summed E-state index contributed by atoms with van der Waals surface area (Å²) in [6.45, 7) is 2.18. The number of nitrogens with zero attached hydrogens (tertiary/aromatic N) is 2. The van der Waals surface area contributed by atoms with E-state index in [9.17, 15) is 9.59 Å². The minimum Gasteiger partial charge on any atom is -0.293 e.